The average molecular weight is 496 g/mol. The van der Waals surface area contributed by atoms with Gasteiger partial charge in [0.15, 0.2) is 0 Å². The summed E-state index contributed by atoms with van der Waals surface area (Å²) in [5.41, 5.74) is 9.99. The Morgan fingerprint density at radius 1 is 1.36 bits per heavy atom. The molecule has 2 aromatic rings. The average Bonchev–Trinajstić information content (AvgIpc) is 3.32. The molecule has 2 aliphatic rings. The fourth-order valence-corrected chi connectivity index (χ4v) is 4.25. The van der Waals surface area contributed by atoms with E-state index in [9.17, 15) is 13.6 Å². The number of hydrogen-bond donors (Lipinski definition) is 3. The minimum Gasteiger partial charge on any atom is -0.492 e. The highest BCUT2D eigenvalue weighted by Crippen LogP contribution is 2.38. The summed E-state index contributed by atoms with van der Waals surface area (Å²) in [7, 11) is 0. The van der Waals surface area contributed by atoms with Crippen molar-refractivity contribution in [2.45, 2.75) is 58.0 Å². The lowest BCUT2D eigenvalue weighted by atomic mass is 9.88. The molecule has 4 N–H and O–H groups in total. The van der Waals surface area contributed by atoms with Crippen molar-refractivity contribution in [3.8, 4) is 5.75 Å². The highest BCUT2D eigenvalue weighted by molar-refractivity contribution is 5.94. The molecule has 7 nitrogen and oxygen atoms in total. The second kappa shape index (κ2) is 10.9. The maximum absolute atomic E-state index is 13.1. The number of fused-ring (bicyclic) bond motifs is 1. The predicted octanol–water partition coefficient (Wildman–Crippen LogP) is 4.84. The number of nitrogens with one attached hydrogen (secondary N) is 2. The Bertz CT molecular complexity index is 1210. The van der Waals surface area contributed by atoms with Gasteiger partial charge in [0.2, 0.25) is 0 Å². The van der Waals surface area contributed by atoms with Crippen molar-refractivity contribution < 1.29 is 18.3 Å². The first-order valence-electron chi connectivity index (χ1n) is 12.1. The van der Waals surface area contributed by atoms with Crippen LogP contribution in [0.25, 0.3) is 5.57 Å². The number of nitrogens with zero attached hydrogens (tertiary/aromatic N) is 2. The van der Waals surface area contributed by atoms with Crippen LogP contribution in [-0.4, -0.2) is 35.7 Å². The van der Waals surface area contributed by atoms with Crippen molar-refractivity contribution in [3.05, 3.63) is 70.7 Å². The molecule has 36 heavy (non-hydrogen) atoms. The first kappa shape index (κ1) is 25.3. The Morgan fingerprint density at radius 2 is 2.17 bits per heavy atom. The van der Waals surface area contributed by atoms with E-state index in [1.54, 1.807) is 30.6 Å². The Balaban J connectivity index is 1.42. The zero-order valence-corrected chi connectivity index (χ0v) is 20.5. The molecule has 1 aliphatic heterocycles. The van der Waals surface area contributed by atoms with Crippen molar-refractivity contribution >= 4 is 23.5 Å². The number of nitrogens with two attached hydrogens (primary N) is 1. The van der Waals surface area contributed by atoms with Crippen LogP contribution in [0.1, 0.15) is 60.2 Å². The molecule has 190 valence electrons. The Hall–Kier alpha value is -3.75. The number of halogens is 2. The summed E-state index contributed by atoms with van der Waals surface area (Å²) < 4.78 is 32.0. The van der Waals surface area contributed by atoms with E-state index in [1.165, 1.54) is 0 Å². The van der Waals surface area contributed by atoms with Gasteiger partial charge in [-0.25, -0.2) is 18.8 Å². The Labute approximate surface area is 209 Å². The first-order chi connectivity index (χ1) is 17.3. The SMILES string of the molecule is CC/C=C(N)/N=C\C=C(/C)c1cnc(NCc2cccc(C(=O)NC3CC(F)(F)C3)c2)c2c1OCC2. The summed E-state index contributed by atoms with van der Waals surface area (Å²) in [6.45, 7) is 5.00. The molecule has 0 unspecified atom stereocenters. The standard InChI is InChI=1S/C27H31F2N5O2/c1-3-5-23(30)31-10-8-17(2)22-16-33-25(21-9-11-36-24(21)22)32-15-18-6-4-7-19(12-18)26(35)34-20-13-27(28,29)14-20/h4-8,10,12,16,20H,3,9,11,13-15,30H2,1-2H3,(H,32,33)(H,34,35)/b17-8+,23-5+,31-10-. The molecular weight excluding hydrogens is 464 g/mol. The fourth-order valence-electron chi connectivity index (χ4n) is 4.25. The highest BCUT2D eigenvalue weighted by atomic mass is 19.3. The highest BCUT2D eigenvalue weighted by Gasteiger charge is 2.45. The molecule has 0 atom stereocenters. The fraction of sp³-hybridized carbons (Fsp3) is 0.370. The topological polar surface area (TPSA) is 102 Å². The molecule has 1 saturated carbocycles. The van der Waals surface area contributed by atoms with Gasteiger partial charge in [0, 0.05) is 61.0 Å². The molecule has 1 aliphatic carbocycles. The molecule has 0 bridgehead atoms. The maximum atomic E-state index is 13.1. The lowest BCUT2D eigenvalue weighted by Gasteiger charge is -2.35. The second-order valence-electron chi connectivity index (χ2n) is 9.08. The largest absolute Gasteiger partial charge is 0.492 e. The van der Waals surface area contributed by atoms with Crippen LogP contribution in [-0.2, 0) is 13.0 Å². The third kappa shape index (κ3) is 6.08. The molecule has 1 aromatic carbocycles. The molecule has 1 amide bonds. The minimum atomic E-state index is -2.67. The Kier molecular flexibility index (Phi) is 7.67. The van der Waals surface area contributed by atoms with Crippen molar-refractivity contribution in [2.75, 3.05) is 11.9 Å². The van der Waals surface area contributed by atoms with Crippen LogP contribution in [0.4, 0.5) is 14.6 Å². The molecule has 2 heterocycles. The van der Waals surface area contributed by atoms with Gasteiger partial charge in [-0.1, -0.05) is 19.1 Å². The maximum Gasteiger partial charge on any atom is 0.252 e. The third-order valence-corrected chi connectivity index (χ3v) is 6.19. The van der Waals surface area contributed by atoms with E-state index < -0.39 is 12.0 Å². The second-order valence-corrected chi connectivity index (χ2v) is 9.08. The van der Waals surface area contributed by atoms with Crippen LogP contribution in [0.5, 0.6) is 5.75 Å². The van der Waals surface area contributed by atoms with Gasteiger partial charge in [-0.15, -0.1) is 0 Å². The van der Waals surface area contributed by atoms with Gasteiger partial charge in [-0.3, -0.25) is 4.79 Å². The summed E-state index contributed by atoms with van der Waals surface area (Å²) >= 11 is 0. The normalized spacial score (nSPS) is 17.4. The van der Waals surface area contributed by atoms with Crippen LogP contribution < -0.4 is 21.1 Å². The van der Waals surface area contributed by atoms with E-state index in [0.29, 0.717) is 24.5 Å². The number of amides is 1. The molecule has 0 saturated heterocycles. The van der Waals surface area contributed by atoms with Crippen LogP contribution in [0.3, 0.4) is 0 Å². The van der Waals surface area contributed by atoms with Gasteiger partial charge in [0.25, 0.3) is 11.8 Å². The number of pyridine rings is 1. The predicted molar refractivity (Wildman–Crippen MR) is 137 cm³/mol. The molecule has 4 rings (SSSR count). The zero-order valence-electron chi connectivity index (χ0n) is 20.5. The lowest BCUT2D eigenvalue weighted by Crippen LogP contribution is -2.50. The monoisotopic (exact) mass is 495 g/mol. The summed E-state index contributed by atoms with van der Waals surface area (Å²) in [4.78, 5) is 21.3. The molecule has 1 aromatic heterocycles. The van der Waals surface area contributed by atoms with Gasteiger partial charge in [-0.2, -0.15) is 0 Å². The van der Waals surface area contributed by atoms with E-state index in [1.807, 2.05) is 32.1 Å². The summed E-state index contributed by atoms with van der Waals surface area (Å²) in [6.07, 6.45) is 8.12. The van der Waals surface area contributed by atoms with Gasteiger partial charge >= 0.3 is 0 Å². The molecule has 0 spiro atoms. The first-order valence-corrected chi connectivity index (χ1v) is 12.1. The van der Waals surface area contributed by atoms with Crippen LogP contribution in [0.15, 0.2) is 53.4 Å². The zero-order chi connectivity index (χ0) is 25.7. The number of alkyl halides is 2. The number of anilines is 1. The number of carbonyl (C=O) groups excluding carboxylic acids is 1. The minimum absolute atomic E-state index is 0.305. The lowest BCUT2D eigenvalue weighted by molar-refractivity contribution is -0.0901. The number of carbonyl (C=O) groups is 1. The van der Waals surface area contributed by atoms with Gasteiger partial charge in [-0.05, 0) is 48.8 Å². The molecule has 9 heteroatoms. The number of allylic oxidation sites excluding steroid dienone is 3. The number of aromatic nitrogens is 1. The van der Waals surface area contributed by atoms with Crippen molar-refractivity contribution in [3.63, 3.8) is 0 Å². The molecule has 0 radical (unpaired) electrons. The summed E-state index contributed by atoms with van der Waals surface area (Å²) in [5.74, 6) is -0.997. The molecular formula is C27H31F2N5O2. The van der Waals surface area contributed by atoms with Gasteiger partial charge in [0.1, 0.15) is 17.4 Å². The number of rotatable bonds is 9. The van der Waals surface area contributed by atoms with Crippen molar-refractivity contribution in [2.24, 2.45) is 10.7 Å². The van der Waals surface area contributed by atoms with Crippen LogP contribution in [0, 0.1) is 0 Å². The summed E-state index contributed by atoms with van der Waals surface area (Å²) in [5, 5.41) is 6.02. The van der Waals surface area contributed by atoms with E-state index in [0.717, 1.165) is 46.7 Å². The van der Waals surface area contributed by atoms with Gasteiger partial charge < -0.3 is 21.1 Å². The Morgan fingerprint density at radius 3 is 2.92 bits per heavy atom. The van der Waals surface area contributed by atoms with Gasteiger partial charge in [0.05, 0.1) is 6.61 Å². The summed E-state index contributed by atoms with van der Waals surface area (Å²) in [6, 6.07) is 6.64. The number of ether oxygens (including phenoxy) is 1. The number of hydrogen-bond acceptors (Lipinski definition) is 6. The quantitative estimate of drug-likeness (QED) is 0.432. The van der Waals surface area contributed by atoms with Crippen LogP contribution in [0.2, 0.25) is 0 Å². The smallest absolute Gasteiger partial charge is 0.252 e. The van der Waals surface area contributed by atoms with Crippen molar-refractivity contribution in [1.29, 1.82) is 0 Å². The number of benzene rings is 1. The third-order valence-electron chi connectivity index (χ3n) is 6.19. The van der Waals surface area contributed by atoms with Crippen molar-refractivity contribution in [1.82, 2.24) is 10.3 Å². The molecule has 1 fully saturated rings. The van der Waals surface area contributed by atoms with E-state index in [4.69, 9.17) is 10.5 Å². The van der Waals surface area contributed by atoms with E-state index >= 15 is 0 Å². The van der Waals surface area contributed by atoms with Crippen LogP contribution >= 0.6 is 0 Å². The van der Waals surface area contributed by atoms with E-state index in [-0.39, 0.29) is 18.7 Å². The number of aliphatic imine (C=N–C) groups is 1. The van der Waals surface area contributed by atoms with E-state index in [2.05, 4.69) is 20.6 Å².